The van der Waals surface area contributed by atoms with E-state index in [-0.39, 0.29) is 5.78 Å². The maximum atomic E-state index is 11.2. The van der Waals surface area contributed by atoms with Crippen LogP contribution < -0.4 is 5.32 Å². The summed E-state index contributed by atoms with van der Waals surface area (Å²) in [6.07, 6.45) is 1.68. The topological polar surface area (TPSA) is 44.9 Å². The number of nitrogens with one attached hydrogen (secondary N) is 2. The average Bonchev–Trinajstić information content (AvgIpc) is 2.36. The molecule has 11 heavy (non-hydrogen) atoms. The Morgan fingerprint density at radius 1 is 1.82 bits per heavy atom. The summed E-state index contributed by atoms with van der Waals surface area (Å²) in [5.74, 6) is 0.0921. The number of Topliss-reactive ketones (excluding diaryl/α,β-unsaturated/α-hetero) is 1. The van der Waals surface area contributed by atoms with Gasteiger partial charge in [0.15, 0.2) is 5.78 Å². The molecule has 0 atom stereocenters. The van der Waals surface area contributed by atoms with Gasteiger partial charge in [0.25, 0.3) is 0 Å². The second-order valence-electron chi connectivity index (χ2n) is 2.19. The Balaban J connectivity index is 2.69. The zero-order valence-electron chi connectivity index (χ0n) is 6.15. The van der Waals surface area contributed by atoms with Gasteiger partial charge in [0, 0.05) is 11.8 Å². The van der Waals surface area contributed by atoms with Gasteiger partial charge in [-0.3, -0.25) is 4.79 Å². The molecular weight excluding hydrogens is 208 g/mol. The summed E-state index contributed by atoms with van der Waals surface area (Å²) in [6.45, 7) is 0.379. The van der Waals surface area contributed by atoms with E-state index in [1.54, 1.807) is 19.3 Å². The molecule has 60 valence electrons. The van der Waals surface area contributed by atoms with E-state index in [1.165, 1.54) is 0 Å². The second kappa shape index (κ2) is 3.69. The predicted molar refractivity (Wildman–Crippen MR) is 46.7 cm³/mol. The van der Waals surface area contributed by atoms with Crippen molar-refractivity contribution >= 4 is 21.7 Å². The van der Waals surface area contributed by atoms with E-state index in [4.69, 9.17) is 0 Å². The van der Waals surface area contributed by atoms with Crippen LogP contribution in [0.15, 0.2) is 16.9 Å². The van der Waals surface area contributed by atoms with Crippen molar-refractivity contribution in [3.05, 3.63) is 22.4 Å². The molecule has 1 aromatic heterocycles. The van der Waals surface area contributed by atoms with Gasteiger partial charge >= 0.3 is 0 Å². The molecule has 0 radical (unpaired) electrons. The van der Waals surface area contributed by atoms with E-state index < -0.39 is 0 Å². The smallest absolute Gasteiger partial charge is 0.178 e. The summed E-state index contributed by atoms with van der Waals surface area (Å²) in [6, 6.07) is 1.76. The zero-order chi connectivity index (χ0) is 8.27. The van der Waals surface area contributed by atoms with Gasteiger partial charge in [0.1, 0.15) is 0 Å². The van der Waals surface area contributed by atoms with E-state index in [0.717, 1.165) is 4.60 Å². The molecule has 2 N–H and O–H groups in total. The minimum atomic E-state index is 0.0921. The number of aromatic amines is 1. The second-order valence-corrected chi connectivity index (χ2v) is 3.04. The van der Waals surface area contributed by atoms with Gasteiger partial charge in [-0.25, -0.2) is 0 Å². The molecule has 0 fully saturated rings. The van der Waals surface area contributed by atoms with E-state index in [2.05, 4.69) is 26.2 Å². The van der Waals surface area contributed by atoms with Crippen LogP contribution in [0.4, 0.5) is 0 Å². The number of likely N-dealkylation sites (N-methyl/N-ethyl adjacent to an activating group) is 1. The van der Waals surface area contributed by atoms with Crippen LogP contribution in [-0.2, 0) is 0 Å². The van der Waals surface area contributed by atoms with Crippen molar-refractivity contribution in [3.63, 3.8) is 0 Å². The van der Waals surface area contributed by atoms with E-state index in [1.807, 2.05) is 0 Å². The van der Waals surface area contributed by atoms with Crippen LogP contribution in [0.25, 0.3) is 0 Å². The first-order valence-electron chi connectivity index (χ1n) is 3.25. The third-order valence-electron chi connectivity index (χ3n) is 1.31. The molecule has 0 bridgehead atoms. The van der Waals surface area contributed by atoms with Crippen molar-refractivity contribution in [2.75, 3.05) is 13.6 Å². The van der Waals surface area contributed by atoms with Crippen molar-refractivity contribution in [2.45, 2.75) is 0 Å². The Morgan fingerprint density at radius 2 is 2.55 bits per heavy atom. The van der Waals surface area contributed by atoms with Crippen LogP contribution in [0, 0.1) is 0 Å². The molecule has 3 nitrogen and oxygen atoms in total. The maximum absolute atomic E-state index is 11.2. The van der Waals surface area contributed by atoms with Crippen molar-refractivity contribution in [2.24, 2.45) is 0 Å². The largest absolute Gasteiger partial charge is 0.355 e. The molecule has 1 rings (SSSR count). The highest BCUT2D eigenvalue weighted by Crippen LogP contribution is 2.09. The quantitative estimate of drug-likeness (QED) is 0.746. The predicted octanol–water partition coefficient (Wildman–Crippen LogP) is 1.18. The molecular formula is C7H9BrN2O. The summed E-state index contributed by atoms with van der Waals surface area (Å²) >= 11 is 3.22. The number of aromatic nitrogens is 1. The monoisotopic (exact) mass is 216 g/mol. The molecule has 1 aromatic rings. The van der Waals surface area contributed by atoms with Gasteiger partial charge < -0.3 is 10.3 Å². The van der Waals surface area contributed by atoms with Crippen LogP contribution in [0.1, 0.15) is 10.4 Å². The minimum absolute atomic E-state index is 0.0921. The Morgan fingerprint density at radius 3 is 3.00 bits per heavy atom. The molecule has 0 saturated heterocycles. The normalized spacial score (nSPS) is 10.0. The highest BCUT2D eigenvalue weighted by atomic mass is 79.9. The van der Waals surface area contributed by atoms with Crippen LogP contribution in [0.2, 0.25) is 0 Å². The average molecular weight is 217 g/mol. The first-order valence-corrected chi connectivity index (χ1v) is 4.05. The molecule has 0 saturated carbocycles. The van der Waals surface area contributed by atoms with E-state index in [9.17, 15) is 4.79 Å². The van der Waals surface area contributed by atoms with Crippen molar-refractivity contribution < 1.29 is 4.79 Å². The van der Waals surface area contributed by atoms with Gasteiger partial charge in [0.2, 0.25) is 0 Å². The molecule has 0 aliphatic rings. The maximum Gasteiger partial charge on any atom is 0.178 e. The summed E-state index contributed by atoms with van der Waals surface area (Å²) in [5.41, 5.74) is 0.700. The summed E-state index contributed by atoms with van der Waals surface area (Å²) in [4.78, 5) is 14.0. The van der Waals surface area contributed by atoms with Crippen molar-refractivity contribution in [1.29, 1.82) is 0 Å². The fourth-order valence-electron chi connectivity index (χ4n) is 0.790. The molecule has 1 heterocycles. The Hall–Kier alpha value is -0.610. The number of hydrogen-bond acceptors (Lipinski definition) is 2. The first-order chi connectivity index (χ1) is 5.24. The fraction of sp³-hybridized carbons (Fsp3) is 0.286. The number of carbonyl (C=O) groups excluding carboxylic acids is 1. The number of carbonyl (C=O) groups is 1. The van der Waals surface area contributed by atoms with Crippen LogP contribution in [-0.4, -0.2) is 24.4 Å². The van der Waals surface area contributed by atoms with Crippen molar-refractivity contribution in [1.82, 2.24) is 10.3 Å². The van der Waals surface area contributed by atoms with Gasteiger partial charge in [-0.2, -0.15) is 0 Å². The van der Waals surface area contributed by atoms with Gasteiger partial charge in [-0.15, -0.1) is 0 Å². The standard InChI is InChI=1S/C7H9BrN2O/c1-9-4-6(11)5-2-7(8)10-3-5/h2-3,9-10H,4H2,1H3. The molecule has 0 aliphatic heterocycles. The molecule has 0 aliphatic carbocycles. The minimum Gasteiger partial charge on any atom is -0.355 e. The molecule has 0 aromatic carbocycles. The van der Waals surface area contributed by atoms with Crippen LogP contribution >= 0.6 is 15.9 Å². The van der Waals surface area contributed by atoms with Gasteiger partial charge in [-0.1, -0.05) is 0 Å². The number of rotatable bonds is 3. The third-order valence-corrected chi connectivity index (χ3v) is 1.76. The number of hydrogen-bond donors (Lipinski definition) is 2. The van der Waals surface area contributed by atoms with Gasteiger partial charge in [0.05, 0.1) is 11.1 Å². The zero-order valence-corrected chi connectivity index (χ0v) is 7.73. The summed E-state index contributed by atoms with van der Waals surface area (Å²) in [7, 11) is 1.75. The van der Waals surface area contributed by atoms with Crippen LogP contribution in [0.3, 0.4) is 0 Å². The number of ketones is 1. The highest BCUT2D eigenvalue weighted by Gasteiger charge is 2.04. The fourth-order valence-corrected chi connectivity index (χ4v) is 1.15. The lowest BCUT2D eigenvalue weighted by Crippen LogP contribution is -2.17. The number of halogens is 1. The lowest BCUT2D eigenvalue weighted by atomic mass is 10.2. The van der Waals surface area contributed by atoms with Gasteiger partial charge in [-0.05, 0) is 29.0 Å². The Labute approximate surface area is 73.3 Å². The van der Waals surface area contributed by atoms with E-state index in [0.29, 0.717) is 12.1 Å². The lowest BCUT2D eigenvalue weighted by molar-refractivity contribution is 0.0994. The first kappa shape index (κ1) is 8.49. The summed E-state index contributed by atoms with van der Waals surface area (Å²) < 4.78 is 0.831. The van der Waals surface area contributed by atoms with Crippen molar-refractivity contribution in [3.8, 4) is 0 Å². The summed E-state index contributed by atoms with van der Waals surface area (Å²) in [5, 5.41) is 2.80. The molecule has 0 unspecified atom stereocenters. The SMILES string of the molecule is CNCC(=O)c1c[nH]c(Br)c1. The molecule has 0 spiro atoms. The van der Waals surface area contributed by atoms with Crippen LogP contribution in [0.5, 0.6) is 0 Å². The van der Waals surface area contributed by atoms with E-state index >= 15 is 0 Å². The Kier molecular flexibility index (Phi) is 2.84. The molecule has 0 amide bonds. The highest BCUT2D eigenvalue weighted by molar-refractivity contribution is 9.10. The number of H-pyrrole nitrogens is 1. The molecule has 4 heteroatoms. The Bertz CT molecular complexity index is 257. The lowest BCUT2D eigenvalue weighted by Gasteiger charge is -1.93. The third kappa shape index (κ3) is 2.17.